The summed E-state index contributed by atoms with van der Waals surface area (Å²) in [6, 6.07) is 14.4. The summed E-state index contributed by atoms with van der Waals surface area (Å²) in [7, 11) is 0. The van der Waals surface area contributed by atoms with Gasteiger partial charge in [0.25, 0.3) is 0 Å². The molecule has 130 valence electrons. The van der Waals surface area contributed by atoms with Gasteiger partial charge in [-0.15, -0.1) is 11.3 Å². The van der Waals surface area contributed by atoms with Crippen LogP contribution in [-0.4, -0.2) is 28.2 Å². The Labute approximate surface area is 156 Å². The molecule has 3 aromatic rings. The van der Waals surface area contributed by atoms with Gasteiger partial charge in [0.15, 0.2) is 5.16 Å². The predicted octanol–water partition coefficient (Wildman–Crippen LogP) is 3.82. The molecule has 0 radical (unpaired) electrons. The molecule has 2 aromatic heterocycles. The summed E-state index contributed by atoms with van der Waals surface area (Å²) in [5, 5.41) is 5.82. The Bertz CT molecular complexity index is 797. The van der Waals surface area contributed by atoms with E-state index in [4.69, 9.17) is 0 Å². The number of H-pyrrole nitrogens is 1. The van der Waals surface area contributed by atoms with E-state index < -0.39 is 0 Å². The molecule has 0 unspecified atom stereocenters. The van der Waals surface area contributed by atoms with Crippen molar-refractivity contribution in [3.05, 3.63) is 69.7 Å². The molecule has 2 N–H and O–H groups in total. The van der Waals surface area contributed by atoms with Crippen molar-refractivity contribution in [3.63, 3.8) is 0 Å². The number of benzene rings is 1. The summed E-state index contributed by atoms with van der Waals surface area (Å²) in [6.07, 6.45) is 1.69. The zero-order chi connectivity index (χ0) is 17.5. The summed E-state index contributed by atoms with van der Waals surface area (Å²) in [5.41, 5.74) is 3.33. The van der Waals surface area contributed by atoms with Gasteiger partial charge < -0.3 is 10.3 Å². The largest absolute Gasteiger partial charge is 0.355 e. The molecule has 0 saturated carbocycles. The number of imidazole rings is 1. The molecule has 0 aliphatic heterocycles. The highest BCUT2D eigenvalue weighted by Crippen LogP contribution is 2.18. The van der Waals surface area contributed by atoms with Crippen molar-refractivity contribution in [3.8, 4) is 0 Å². The highest BCUT2D eigenvalue weighted by Gasteiger charge is 2.10. The number of aromatic nitrogens is 2. The van der Waals surface area contributed by atoms with E-state index >= 15 is 0 Å². The second-order valence-electron chi connectivity index (χ2n) is 5.74. The van der Waals surface area contributed by atoms with Gasteiger partial charge in [-0.1, -0.05) is 48.2 Å². The molecule has 1 amide bonds. The van der Waals surface area contributed by atoms with E-state index in [1.165, 1.54) is 22.2 Å². The molecule has 2 heterocycles. The standard InChI is InChI=1S/C19H21N3OS2/c1-14-17(12-15-6-3-2-4-7-15)22-19(21-14)25-13-18(23)20-10-9-16-8-5-11-24-16/h2-8,11H,9-10,12-13H2,1H3,(H,20,23)(H,21,22). The van der Waals surface area contributed by atoms with Gasteiger partial charge in [0.05, 0.1) is 11.4 Å². The van der Waals surface area contributed by atoms with E-state index in [0.717, 1.165) is 29.4 Å². The Hall–Kier alpha value is -2.05. The summed E-state index contributed by atoms with van der Waals surface area (Å²) < 4.78 is 0. The fourth-order valence-corrected chi connectivity index (χ4v) is 3.94. The number of carbonyl (C=O) groups is 1. The number of nitrogens with one attached hydrogen (secondary N) is 2. The molecule has 4 nitrogen and oxygen atoms in total. The minimum Gasteiger partial charge on any atom is -0.355 e. The maximum atomic E-state index is 12.0. The number of nitrogens with zero attached hydrogens (tertiary/aromatic N) is 1. The zero-order valence-electron chi connectivity index (χ0n) is 14.1. The van der Waals surface area contributed by atoms with Crippen molar-refractivity contribution < 1.29 is 4.79 Å². The first-order chi connectivity index (χ1) is 12.2. The molecule has 1 aromatic carbocycles. The minimum atomic E-state index is 0.0419. The van der Waals surface area contributed by atoms with Crippen molar-refractivity contribution in [2.24, 2.45) is 0 Å². The maximum Gasteiger partial charge on any atom is 0.230 e. The molecule has 0 saturated heterocycles. The fourth-order valence-electron chi connectivity index (χ4n) is 2.46. The molecule has 25 heavy (non-hydrogen) atoms. The lowest BCUT2D eigenvalue weighted by Gasteiger charge is -2.03. The lowest BCUT2D eigenvalue weighted by Crippen LogP contribution is -2.27. The fraction of sp³-hybridized carbons (Fsp3) is 0.263. The number of amides is 1. The first kappa shape index (κ1) is 17.8. The molecule has 3 rings (SSSR count). The van der Waals surface area contributed by atoms with E-state index in [9.17, 15) is 4.79 Å². The van der Waals surface area contributed by atoms with Crippen LogP contribution in [0.15, 0.2) is 53.0 Å². The van der Waals surface area contributed by atoms with Gasteiger partial charge in [-0.05, 0) is 30.4 Å². The van der Waals surface area contributed by atoms with Gasteiger partial charge in [0.1, 0.15) is 0 Å². The van der Waals surface area contributed by atoms with Crippen LogP contribution in [0.25, 0.3) is 0 Å². The monoisotopic (exact) mass is 371 g/mol. The second kappa shape index (κ2) is 8.87. The molecule has 0 aliphatic carbocycles. The topological polar surface area (TPSA) is 57.8 Å². The van der Waals surface area contributed by atoms with E-state index in [1.807, 2.05) is 31.2 Å². The number of hydrogen-bond acceptors (Lipinski definition) is 4. The molecule has 6 heteroatoms. The van der Waals surface area contributed by atoms with Crippen molar-refractivity contribution in [2.45, 2.75) is 24.9 Å². The Morgan fingerprint density at radius 3 is 2.84 bits per heavy atom. The summed E-state index contributed by atoms with van der Waals surface area (Å²) >= 11 is 3.16. The van der Waals surface area contributed by atoms with Crippen LogP contribution in [0.5, 0.6) is 0 Å². The molecule has 0 atom stereocenters. The second-order valence-corrected chi connectivity index (χ2v) is 7.74. The summed E-state index contributed by atoms with van der Waals surface area (Å²) in [6.45, 7) is 2.70. The molecule has 0 aliphatic rings. The third-order valence-electron chi connectivity index (χ3n) is 3.79. The lowest BCUT2D eigenvalue weighted by atomic mass is 10.1. The maximum absolute atomic E-state index is 12.0. The highest BCUT2D eigenvalue weighted by molar-refractivity contribution is 7.99. The summed E-state index contributed by atoms with van der Waals surface area (Å²) in [4.78, 5) is 21.1. The number of thioether (sulfide) groups is 1. The highest BCUT2D eigenvalue weighted by atomic mass is 32.2. The number of aryl methyl sites for hydroxylation is 1. The number of aromatic amines is 1. The van der Waals surface area contributed by atoms with E-state index in [2.05, 4.69) is 38.9 Å². The Morgan fingerprint density at radius 2 is 2.08 bits per heavy atom. The van der Waals surface area contributed by atoms with Crippen molar-refractivity contribution in [2.75, 3.05) is 12.3 Å². The zero-order valence-corrected chi connectivity index (χ0v) is 15.8. The molecular weight excluding hydrogens is 350 g/mol. The third-order valence-corrected chi connectivity index (χ3v) is 5.60. The Morgan fingerprint density at radius 1 is 1.24 bits per heavy atom. The van der Waals surface area contributed by atoms with Crippen LogP contribution in [0.3, 0.4) is 0 Å². The van der Waals surface area contributed by atoms with Crippen LogP contribution in [0.1, 0.15) is 21.8 Å². The van der Waals surface area contributed by atoms with E-state index in [1.54, 1.807) is 11.3 Å². The SMILES string of the molecule is Cc1[nH]c(SCC(=O)NCCc2cccs2)nc1Cc1ccccc1. The molecule has 0 fully saturated rings. The van der Waals surface area contributed by atoms with E-state index in [-0.39, 0.29) is 5.91 Å². The molecular formula is C19H21N3OS2. The predicted molar refractivity (Wildman–Crippen MR) is 104 cm³/mol. The van der Waals surface area contributed by atoms with Crippen LogP contribution >= 0.6 is 23.1 Å². The first-order valence-electron chi connectivity index (χ1n) is 8.22. The van der Waals surface area contributed by atoms with Crippen LogP contribution < -0.4 is 5.32 Å². The van der Waals surface area contributed by atoms with Gasteiger partial charge in [-0.3, -0.25) is 4.79 Å². The lowest BCUT2D eigenvalue weighted by molar-refractivity contribution is -0.118. The van der Waals surface area contributed by atoms with Gasteiger partial charge in [-0.2, -0.15) is 0 Å². The van der Waals surface area contributed by atoms with Crippen molar-refractivity contribution in [1.29, 1.82) is 0 Å². The number of thiophene rings is 1. The Kier molecular flexibility index (Phi) is 6.30. The number of hydrogen-bond donors (Lipinski definition) is 2. The van der Waals surface area contributed by atoms with Crippen LogP contribution in [0.4, 0.5) is 0 Å². The van der Waals surface area contributed by atoms with Gasteiger partial charge in [-0.25, -0.2) is 4.98 Å². The quantitative estimate of drug-likeness (QED) is 0.592. The number of rotatable bonds is 8. The average molecular weight is 372 g/mol. The van der Waals surface area contributed by atoms with Crippen LogP contribution in [-0.2, 0) is 17.6 Å². The third kappa shape index (κ3) is 5.47. The van der Waals surface area contributed by atoms with Gasteiger partial charge in [0.2, 0.25) is 5.91 Å². The van der Waals surface area contributed by atoms with E-state index in [0.29, 0.717) is 12.3 Å². The van der Waals surface area contributed by atoms with Crippen molar-refractivity contribution in [1.82, 2.24) is 15.3 Å². The molecule has 0 bridgehead atoms. The minimum absolute atomic E-state index is 0.0419. The number of carbonyl (C=O) groups excluding carboxylic acids is 1. The van der Waals surface area contributed by atoms with Crippen LogP contribution in [0.2, 0.25) is 0 Å². The summed E-state index contributed by atoms with van der Waals surface area (Å²) in [5.74, 6) is 0.419. The van der Waals surface area contributed by atoms with Gasteiger partial charge in [0, 0.05) is 23.5 Å². The molecule has 0 spiro atoms. The van der Waals surface area contributed by atoms with Gasteiger partial charge >= 0.3 is 0 Å². The van der Waals surface area contributed by atoms with Crippen molar-refractivity contribution >= 4 is 29.0 Å². The van der Waals surface area contributed by atoms with Crippen LogP contribution in [0, 0.1) is 6.92 Å². The normalized spacial score (nSPS) is 10.8. The first-order valence-corrected chi connectivity index (χ1v) is 10.1. The smallest absolute Gasteiger partial charge is 0.230 e. The Balaban J connectivity index is 1.45. The average Bonchev–Trinajstić information content (AvgIpc) is 3.24.